The van der Waals surface area contributed by atoms with E-state index >= 15 is 0 Å². The molecule has 2 aliphatic rings. The van der Waals surface area contributed by atoms with Crippen LogP contribution in [0.3, 0.4) is 0 Å². The first-order valence-electron chi connectivity index (χ1n) is 11.2. The van der Waals surface area contributed by atoms with Gasteiger partial charge in [-0.05, 0) is 55.5 Å². The fourth-order valence-corrected chi connectivity index (χ4v) is 5.79. The lowest BCUT2D eigenvalue weighted by molar-refractivity contribution is -0.117. The number of anilines is 2. The number of benzene rings is 2. The summed E-state index contributed by atoms with van der Waals surface area (Å²) in [5, 5.41) is 2.92. The Labute approximate surface area is 189 Å². The fourth-order valence-electron chi connectivity index (χ4n) is 4.27. The molecule has 2 fully saturated rings. The number of para-hydroxylation sites is 2. The maximum atomic E-state index is 12.8. The van der Waals surface area contributed by atoms with Crippen LogP contribution in [-0.4, -0.2) is 44.2 Å². The van der Waals surface area contributed by atoms with Crippen LogP contribution < -0.4 is 10.2 Å². The lowest BCUT2D eigenvalue weighted by Gasteiger charge is -2.25. The van der Waals surface area contributed by atoms with E-state index in [0.717, 1.165) is 36.9 Å². The minimum Gasteiger partial charge on any atom is -0.324 e. The Kier molecular flexibility index (Phi) is 6.91. The molecule has 2 aliphatic heterocycles. The van der Waals surface area contributed by atoms with Gasteiger partial charge in [-0.25, -0.2) is 8.42 Å². The fraction of sp³-hybridized carbons (Fsp3) is 0.417. The van der Waals surface area contributed by atoms with Crippen LogP contribution in [0.1, 0.15) is 44.1 Å². The number of nitrogens with zero attached hydrogens (tertiary/aromatic N) is 2. The Morgan fingerprint density at radius 3 is 2.31 bits per heavy atom. The molecule has 0 saturated carbocycles. The molecule has 0 aromatic heterocycles. The Morgan fingerprint density at radius 2 is 1.62 bits per heavy atom. The molecule has 0 bridgehead atoms. The molecule has 4 rings (SSSR count). The minimum atomic E-state index is -3.45. The zero-order chi connectivity index (χ0) is 22.6. The van der Waals surface area contributed by atoms with E-state index in [9.17, 15) is 18.0 Å². The number of nitrogens with one attached hydrogen (secondary N) is 1. The second kappa shape index (κ2) is 9.83. The van der Waals surface area contributed by atoms with Crippen molar-refractivity contribution in [2.75, 3.05) is 29.9 Å². The molecule has 0 unspecified atom stereocenters. The maximum absolute atomic E-state index is 12.8. The van der Waals surface area contributed by atoms with Gasteiger partial charge in [-0.15, -0.1) is 0 Å². The molecule has 0 aliphatic carbocycles. The van der Waals surface area contributed by atoms with Crippen molar-refractivity contribution in [3.05, 3.63) is 54.1 Å². The summed E-state index contributed by atoms with van der Waals surface area (Å²) in [6.45, 7) is 1.82. The molecule has 8 heteroatoms. The van der Waals surface area contributed by atoms with E-state index in [1.165, 1.54) is 0 Å². The van der Waals surface area contributed by atoms with E-state index in [0.29, 0.717) is 43.1 Å². The van der Waals surface area contributed by atoms with E-state index in [4.69, 9.17) is 0 Å². The highest BCUT2D eigenvalue weighted by Gasteiger charge is 2.26. The first kappa shape index (κ1) is 22.5. The molecule has 32 heavy (non-hydrogen) atoms. The first-order chi connectivity index (χ1) is 15.4. The number of sulfonamides is 1. The second-order valence-corrected chi connectivity index (χ2v) is 10.3. The number of carbonyl (C=O) groups is 2. The number of piperidine rings is 1. The van der Waals surface area contributed by atoms with Crippen LogP contribution >= 0.6 is 0 Å². The third-order valence-corrected chi connectivity index (χ3v) is 7.97. The zero-order valence-corrected chi connectivity index (χ0v) is 18.9. The number of hydrogen-bond acceptors (Lipinski definition) is 4. The van der Waals surface area contributed by atoms with Gasteiger partial charge < -0.3 is 10.2 Å². The van der Waals surface area contributed by atoms with Gasteiger partial charge in [0, 0.05) is 32.5 Å². The highest BCUT2D eigenvalue weighted by molar-refractivity contribution is 7.89. The van der Waals surface area contributed by atoms with Crippen molar-refractivity contribution in [2.24, 2.45) is 0 Å². The lowest BCUT2D eigenvalue weighted by atomic mass is 10.1. The third kappa shape index (κ3) is 5.02. The summed E-state index contributed by atoms with van der Waals surface area (Å²) in [6.07, 6.45) is 5.01. The van der Waals surface area contributed by atoms with E-state index in [2.05, 4.69) is 5.32 Å². The smallest absolute Gasteiger partial charge is 0.243 e. The molecule has 0 atom stereocenters. The normalized spacial score (nSPS) is 17.5. The largest absolute Gasteiger partial charge is 0.324 e. The number of hydrogen-bond donors (Lipinski definition) is 1. The van der Waals surface area contributed by atoms with Crippen molar-refractivity contribution in [2.45, 2.75) is 49.8 Å². The van der Waals surface area contributed by atoms with Crippen molar-refractivity contribution in [3.8, 4) is 0 Å². The summed E-state index contributed by atoms with van der Waals surface area (Å²) >= 11 is 0. The monoisotopic (exact) mass is 455 g/mol. The number of aryl methyl sites for hydroxylation is 1. The third-order valence-electron chi connectivity index (χ3n) is 6.06. The van der Waals surface area contributed by atoms with Crippen molar-refractivity contribution >= 4 is 33.2 Å². The van der Waals surface area contributed by atoms with Crippen molar-refractivity contribution in [3.63, 3.8) is 0 Å². The van der Waals surface area contributed by atoms with Gasteiger partial charge in [0.1, 0.15) is 0 Å². The average molecular weight is 456 g/mol. The minimum absolute atomic E-state index is 0.0753. The highest BCUT2D eigenvalue weighted by Crippen LogP contribution is 2.29. The van der Waals surface area contributed by atoms with Crippen LogP contribution in [0.15, 0.2) is 53.4 Å². The first-order valence-corrected chi connectivity index (χ1v) is 12.7. The molecule has 2 saturated heterocycles. The Hall–Kier alpha value is -2.71. The van der Waals surface area contributed by atoms with Gasteiger partial charge in [-0.2, -0.15) is 4.31 Å². The van der Waals surface area contributed by atoms with Crippen LogP contribution in [0.25, 0.3) is 0 Å². The Bertz CT molecular complexity index is 1080. The van der Waals surface area contributed by atoms with Gasteiger partial charge in [0.25, 0.3) is 0 Å². The van der Waals surface area contributed by atoms with Crippen LogP contribution in [0.4, 0.5) is 11.4 Å². The summed E-state index contributed by atoms with van der Waals surface area (Å²) in [6, 6.07) is 14.2. The zero-order valence-electron chi connectivity index (χ0n) is 18.1. The molecule has 2 heterocycles. The lowest BCUT2D eigenvalue weighted by Crippen LogP contribution is -2.35. The average Bonchev–Trinajstić information content (AvgIpc) is 3.24. The molecule has 2 aromatic rings. The summed E-state index contributed by atoms with van der Waals surface area (Å²) < 4.78 is 27.1. The topological polar surface area (TPSA) is 86.8 Å². The summed E-state index contributed by atoms with van der Waals surface area (Å²) in [4.78, 5) is 26.7. The number of amides is 2. The van der Waals surface area contributed by atoms with Crippen LogP contribution in [0.5, 0.6) is 0 Å². The van der Waals surface area contributed by atoms with Crippen molar-refractivity contribution < 1.29 is 18.0 Å². The number of rotatable bonds is 7. The predicted molar refractivity (Wildman–Crippen MR) is 124 cm³/mol. The molecular weight excluding hydrogens is 426 g/mol. The summed E-state index contributed by atoms with van der Waals surface area (Å²) in [7, 11) is -3.45. The maximum Gasteiger partial charge on any atom is 0.243 e. The van der Waals surface area contributed by atoms with Crippen LogP contribution in [-0.2, 0) is 26.0 Å². The summed E-state index contributed by atoms with van der Waals surface area (Å²) in [5.41, 5.74) is 2.27. The summed E-state index contributed by atoms with van der Waals surface area (Å²) in [5.74, 6) is -0.0691. The van der Waals surface area contributed by atoms with Gasteiger partial charge in [-0.3, -0.25) is 9.59 Å². The highest BCUT2D eigenvalue weighted by atomic mass is 32.2. The second-order valence-electron chi connectivity index (χ2n) is 8.32. The molecule has 170 valence electrons. The predicted octanol–water partition coefficient (Wildman–Crippen LogP) is 3.56. The van der Waals surface area contributed by atoms with Gasteiger partial charge >= 0.3 is 0 Å². The quantitative estimate of drug-likeness (QED) is 0.692. The van der Waals surface area contributed by atoms with Gasteiger partial charge in [0.15, 0.2) is 0 Å². The van der Waals surface area contributed by atoms with E-state index in [1.54, 1.807) is 39.5 Å². The Balaban J connectivity index is 1.35. The standard InChI is InChI=1S/C24H29N3O4S/c28-23(25-21-7-2-3-8-22(21)27-18-6-9-24(27)29)15-12-19-10-13-20(14-11-19)32(30,31)26-16-4-1-5-17-26/h2-3,7-8,10-11,13-14H,1,4-6,9,12,15-18H2,(H,25,28). The number of carbonyl (C=O) groups excluding carboxylic acids is 2. The van der Waals surface area contributed by atoms with E-state index in [1.807, 2.05) is 18.2 Å². The molecule has 2 aromatic carbocycles. The van der Waals surface area contributed by atoms with Crippen LogP contribution in [0.2, 0.25) is 0 Å². The van der Waals surface area contributed by atoms with E-state index in [-0.39, 0.29) is 18.2 Å². The molecule has 1 N–H and O–H groups in total. The molecule has 2 amide bonds. The molecular formula is C24H29N3O4S. The molecule has 0 spiro atoms. The van der Waals surface area contributed by atoms with Crippen molar-refractivity contribution in [1.29, 1.82) is 0 Å². The molecule has 0 radical (unpaired) electrons. The van der Waals surface area contributed by atoms with Crippen LogP contribution in [0, 0.1) is 0 Å². The van der Waals surface area contributed by atoms with Gasteiger partial charge in [0.2, 0.25) is 21.8 Å². The van der Waals surface area contributed by atoms with E-state index < -0.39 is 10.0 Å². The Morgan fingerprint density at radius 1 is 0.906 bits per heavy atom. The van der Waals surface area contributed by atoms with Gasteiger partial charge in [-0.1, -0.05) is 30.7 Å². The SMILES string of the molecule is O=C(CCc1ccc(S(=O)(=O)N2CCCCC2)cc1)Nc1ccccc1N1CCCC1=O. The van der Waals surface area contributed by atoms with Gasteiger partial charge in [0.05, 0.1) is 16.3 Å². The molecule has 7 nitrogen and oxygen atoms in total. The van der Waals surface area contributed by atoms with Crippen molar-refractivity contribution in [1.82, 2.24) is 4.31 Å².